The Morgan fingerprint density at radius 1 is 0.923 bits per heavy atom. The number of fused-ring (bicyclic) bond motifs is 1. The highest BCUT2D eigenvalue weighted by atomic mass is 32.2. The molecule has 1 fully saturated rings. The Bertz CT molecular complexity index is 1020. The van der Waals surface area contributed by atoms with Crippen LogP contribution in [0.4, 0.5) is 9.59 Å². The largest absolute Gasteiger partial charge is 0.480 e. The molecule has 0 saturated heterocycles. The number of amides is 3. The SMILES string of the molecule is CC(C)[C@H](NC(=O)OCCOCCNS(=O)(=O)NC(=O)OC[C@@H]1[C@@H]2CCC#CCC[C@@H]21)C(=O)N[C@@H](C)C(=O)O. The van der Waals surface area contributed by atoms with E-state index in [4.69, 9.17) is 19.3 Å². The zero-order valence-corrected chi connectivity index (χ0v) is 23.2. The molecular formula is C24H38N4O10S. The summed E-state index contributed by atoms with van der Waals surface area (Å²) in [4.78, 5) is 47.0. The van der Waals surface area contributed by atoms with Crippen LogP contribution in [-0.2, 0) is 34.0 Å². The standard InChI is InChI=1S/C24H38N4O10S/c1-15(2)20(21(29)26-16(3)22(30)31)27-23(32)37-13-12-36-11-10-25-39(34,35)28-24(33)38-14-19-17-8-6-4-5-7-9-18(17)19/h15-20,25H,6-14H2,1-3H3,(H,26,29)(H,27,32)(H,28,33)(H,30,31)/t16-,17-,18+,19-,20-/m0/s1. The van der Waals surface area contributed by atoms with Crippen molar-refractivity contribution in [1.82, 2.24) is 20.1 Å². The molecule has 0 heterocycles. The third-order valence-corrected chi connectivity index (χ3v) is 7.43. The number of carboxylic acid groups (broad SMARTS) is 1. The van der Waals surface area contributed by atoms with E-state index in [1.54, 1.807) is 18.6 Å². The molecule has 1 saturated carbocycles. The fraction of sp³-hybridized carbons (Fsp3) is 0.750. The van der Waals surface area contributed by atoms with Gasteiger partial charge in [0.05, 0.1) is 19.8 Å². The van der Waals surface area contributed by atoms with Crippen molar-refractivity contribution >= 4 is 34.3 Å². The van der Waals surface area contributed by atoms with Gasteiger partial charge >= 0.3 is 28.4 Å². The zero-order chi connectivity index (χ0) is 29.0. The smallest absolute Gasteiger partial charge is 0.421 e. The Morgan fingerprint density at radius 2 is 1.56 bits per heavy atom. The van der Waals surface area contributed by atoms with Crippen LogP contribution in [0.15, 0.2) is 0 Å². The third-order valence-electron chi connectivity index (χ3n) is 6.41. The maximum absolute atomic E-state index is 12.2. The van der Waals surface area contributed by atoms with Gasteiger partial charge in [-0.1, -0.05) is 13.8 Å². The first-order valence-electron chi connectivity index (χ1n) is 12.9. The Hall–Kier alpha value is -3.09. The lowest BCUT2D eigenvalue weighted by atomic mass is 10.0. The van der Waals surface area contributed by atoms with Gasteiger partial charge in [0.15, 0.2) is 0 Å². The van der Waals surface area contributed by atoms with Crippen molar-refractivity contribution in [2.45, 2.75) is 58.5 Å². The van der Waals surface area contributed by atoms with Gasteiger partial charge in [0.25, 0.3) is 0 Å². The van der Waals surface area contributed by atoms with Crippen LogP contribution in [-0.4, -0.2) is 82.6 Å². The first-order chi connectivity index (χ1) is 18.4. The quantitative estimate of drug-likeness (QED) is 0.134. The second kappa shape index (κ2) is 15.5. The van der Waals surface area contributed by atoms with Crippen molar-refractivity contribution in [3.63, 3.8) is 0 Å². The fourth-order valence-electron chi connectivity index (χ4n) is 4.24. The molecule has 14 nitrogen and oxygen atoms in total. The number of ether oxygens (including phenoxy) is 3. The van der Waals surface area contributed by atoms with Gasteiger partial charge in [-0.3, -0.25) is 9.59 Å². The van der Waals surface area contributed by atoms with E-state index < -0.39 is 46.4 Å². The second-order valence-corrected chi connectivity index (χ2v) is 11.2. The first-order valence-corrected chi connectivity index (χ1v) is 14.3. The van der Waals surface area contributed by atoms with Crippen LogP contribution in [0.5, 0.6) is 0 Å². The molecule has 0 aromatic rings. The Balaban J connectivity index is 1.55. The Morgan fingerprint density at radius 3 is 2.15 bits per heavy atom. The number of hydrogen-bond donors (Lipinski definition) is 5. The minimum absolute atomic E-state index is 0.0615. The summed E-state index contributed by atoms with van der Waals surface area (Å²) in [5, 5.41) is 13.6. The van der Waals surface area contributed by atoms with E-state index >= 15 is 0 Å². The summed E-state index contributed by atoms with van der Waals surface area (Å²) in [6.07, 6.45) is 1.64. The molecule has 5 atom stereocenters. The highest BCUT2D eigenvalue weighted by Crippen LogP contribution is 2.52. The van der Waals surface area contributed by atoms with E-state index in [0.717, 1.165) is 25.7 Å². The van der Waals surface area contributed by atoms with Crippen LogP contribution >= 0.6 is 0 Å². The molecular weight excluding hydrogens is 536 g/mol. The molecule has 5 N–H and O–H groups in total. The highest BCUT2D eigenvalue weighted by Gasteiger charge is 2.49. The van der Waals surface area contributed by atoms with Gasteiger partial charge in [-0.2, -0.15) is 13.1 Å². The summed E-state index contributed by atoms with van der Waals surface area (Å²) >= 11 is 0. The number of rotatable bonds is 15. The summed E-state index contributed by atoms with van der Waals surface area (Å²) in [7, 11) is -4.14. The van der Waals surface area contributed by atoms with Gasteiger partial charge in [-0.25, -0.2) is 14.3 Å². The molecule has 220 valence electrons. The summed E-state index contributed by atoms with van der Waals surface area (Å²) in [6.45, 7) is 4.34. The second-order valence-electron chi connectivity index (χ2n) is 9.70. The van der Waals surface area contributed by atoms with Crippen molar-refractivity contribution < 1.29 is 46.9 Å². The molecule has 0 spiro atoms. The maximum atomic E-state index is 12.2. The lowest BCUT2D eigenvalue weighted by molar-refractivity contribution is -0.141. The number of nitrogens with one attached hydrogen (secondary N) is 4. The molecule has 0 aromatic heterocycles. The van der Waals surface area contributed by atoms with E-state index in [2.05, 4.69) is 27.2 Å². The lowest BCUT2D eigenvalue weighted by Gasteiger charge is -2.22. The Labute approximate surface area is 228 Å². The van der Waals surface area contributed by atoms with E-state index in [1.807, 2.05) is 0 Å². The number of hydrogen-bond acceptors (Lipinski definition) is 9. The van der Waals surface area contributed by atoms with Gasteiger partial charge in [0.1, 0.15) is 18.7 Å². The number of carbonyl (C=O) groups is 4. The average Bonchev–Trinajstić information content (AvgIpc) is 3.48. The van der Waals surface area contributed by atoms with Gasteiger partial charge in [-0.15, -0.1) is 11.8 Å². The van der Waals surface area contributed by atoms with E-state index in [9.17, 15) is 27.6 Å². The van der Waals surface area contributed by atoms with E-state index in [1.165, 1.54) is 6.92 Å². The van der Waals surface area contributed by atoms with Crippen molar-refractivity contribution in [3.05, 3.63) is 0 Å². The van der Waals surface area contributed by atoms with Crippen LogP contribution in [0.3, 0.4) is 0 Å². The number of alkyl carbamates (subject to hydrolysis) is 1. The van der Waals surface area contributed by atoms with E-state index in [0.29, 0.717) is 11.8 Å². The van der Waals surface area contributed by atoms with Gasteiger partial charge in [-0.05, 0) is 43.4 Å². The minimum Gasteiger partial charge on any atom is -0.480 e. The molecule has 0 radical (unpaired) electrons. The summed E-state index contributed by atoms with van der Waals surface area (Å²) in [5.74, 6) is 5.17. The van der Waals surface area contributed by atoms with E-state index in [-0.39, 0.29) is 44.8 Å². The topological polar surface area (TPSA) is 198 Å². The molecule has 0 aliphatic heterocycles. The molecule has 39 heavy (non-hydrogen) atoms. The van der Waals surface area contributed by atoms with Gasteiger partial charge in [0.2, 0.25) is 5.91 Å². The average molecular weight is 575 g/mol. The van der Waals surface area contributed by atoms with Crippen LogP contribution in [0, 0.1) is 35.5 Å². The molecule has 0 bridgehead atoms. The first kappa shape index (κ1) is 32.1. The summed E-state index contributed by atoms with van der Waals surface area (Å²) in [6, 6.07) is -2.13. The van der Waals surface area contributed by atoms with Crippen molar-refractivity contribution in [2.24, 2.45) is 23.7 Å². The van der Waals surface area contributed by atoms with Crippen LogP contribution in [0.25, 0.3) is 0 Å². The zero-order valence-electron chi connectivity index (χ0n) is 22.4. The number of carboxylic acids is 1. The molecule has 0 aromatic carbocycles. The molecule has 15 heteroatoms. The summed E-state index contributed by atoms with van der Waals surface area (Å²) < 4.78 is 43.2. The molecule has 2 rings (SSSR count). The van der Waals surface area contributed by atoms with Crippen molar-refractivity contribution in [1.29, 1.82) is 0 Å². The predicted octanol–water partition coefficient (Wildman–Crippen LogP) is 0.343. The fourth-order valence-corrected chi connectivity index (χ4v) is 4.94. The molecule has 2 aliphatic carbocycles. The van der Waals surface area contributed by atoms with Crippen LogP contribution < -0.4 is 20.1 Å². The highest BCUT2D eigenvalue weighted by molar-refractivity contribution is 7.88. The summed E-state index contributed by atoms with van der Waals surface area (Å²) in [5.41, 5.74) is 0. The monoisotopic (exact) mass is 574 g/mol. The number of carbonyl (C=O) groups excluding carboxylic acids is 3. The predicted molar refractivity (Wildman–Crippen MR) is 137 cm³/mol. The maximum Gasteiger partial charge on any atom is 0.421 e. The van der Waals surface area contributed by atoms with Crippen molar-refractivity contribution in [3.8, 4) is 11.8 Å². The normalized spacial score (nSPS) is 21.5. The van der Waals surface area contributed by atoms with Crippen LogP contribution in [0.1, 0.15) is 46.5 Å². The van der Waals surface area contributed by atoms with Crippen LogP contribution in [0.2, 0.25) is 0 Å². The molecule has 3 amide bonds. The van der Waals surface area contributed by atoms with Gasteiger partial charge in [0, 0.05) is 19.4 Å². The Kier molecular flexibility index (Phi) is 12.8. The number of aliphatic carboxylic acids is 1. The molecule has 2 aliphatic rings. The molecule has 0 unspecified atom stereocenters. The lowest BCUT2D eigenvalue weighted by Crippen LogP contribution is -2.53. The van der Waals surface area contributed by atoms with Gasteiger partial charge < -0.3 is 30.0 Å². The minimum atomic E-state index is -4.14. The third kappa shape index (κ3) is 11.7. The van der Waals surface area contributed by atoms with Crippen molar-refractivity contribution in [2.75, 3.05) is 33.0 Å².